The van der Waals surface area contributed by atoms with Gasteiger partial charge in [0.15, 0.2) is 23.1 Å². The number of ether oxygens (including phenoxy) is 2. The molecule has 1 aromatic carbocycles. The topological polar surface area (TPSA) is 101 Å². The first-order valence-corrected chi connectivity index (χ1v) is 12.2. The number of hydrogen-bond acceptors (Lipinski definition) is 9. The predicted molar refractivity (Wildman–Crippen MR) is 134 cm³/mol. The van der Waals surface area contributed by atoms with E-state index in [4.69, 9.17) is 15.2 Å². The smallest absolute Gasteiger partial charge is 0.231 e. The van der Waals surface area contributed by atoms with Gasteiger partial charge in [0.25, 0.3) is 0 Å². The molecule has 0 amide bonds. The van der Waals surface area contributed by atoms with Crippen molar-refractivity contribution in [2.75, 3.05) is 48.9 Å². The lowest BCUT2D eigenvalue weighted by molar-refractivity contribution is 0.170. The van der Waals surface area contributed by atoms with Crippen LogP contribution in [-0.4, -0.2) is 65.0 Å². The molecule has 5 rings (SSSR count). The third-order valence-electron chi connectivity index (χ3n) is 6.91. The number of nitrogens with zero attached hydrogens (tertiary/aromatic N) is 4. The van der Waals surface area contributed by atoms with Gasteiger partial charge in [0.2, 0.25) is 6.79 Å². The molecule has 1 aromatic heterocycles. The fourth-order valence-corrected chi connectivity index (χ4v) is 5.79. The highest BCUT2D eigenvalue weighted by Crippen LogP contribution is 2.34. The van der Waals surface area contributed by atoms with Crippen LogP contribution >= 0.6 is 0 Å². The maximum atomic E-state index is 6.59. The minimum atomic E-state index is 0.0539. The Hall–Kier alpha value is -2.78. The monoisotopic (exact) mass is 467 g/mol. The van der Waals surface area contributed by atoms with Gasteiger partial charge in [0.1, 0.15) is 12.0 Å². The van der Waals surface area contributed by atoms with E-state index in [0.717, 1.165) is 68.7 Å². The summed E-state index contributed by atoms with van der Waals surface area (Å²) in [5.74, 6) is 3.23. The van der Waals surface area contributed by atoms with Gasteiger partial charge in [-0.3, -0.25) is 4.90 Å². The molecule has 2 saturated heterocycles. The van der Waals surface area contributed by atoms with Crippen molar-refractivity contribution in [1.82, 2.24) is 20.2 Å². The number of rotatable bonds is 5. The third kappa shape index (κ3) is 5.00. The largest absolute Gasteiger partial charge is 0.454 e. The number of piperazine rings is 1. The fraction of sp³-hybridized carbons (Fsp3) is 0.600. The molecule has 2 aromatic rings. The number of aromatic nitrogens is 2. The Kier molecular flexibility index (Phi) is 5.93. The van der Waals surface area contributed by atoms with Crippen LogP contribution in [0, 0.1) is 0 Å². The molecule has 3 aliphatic heterocycles. The number of nitrogens with two attached hydrogens (primary N) is 1. The van der Waals surface area contributed by atoms with Gasteiger partial charge in [-0.05, 0) is 58.2 Å². The van der Waals surface area contributed by atoms with Crippen LogP contribution in [0.25, 0.3) is 0 Å². The van der Waals surface area contributed by atoms with E-state index in [2.05, 4.69) is 70.2 Å². The van der Waals surface area contributed by atoms with Crippen molar-refractivity contribution in [3.63, 3.8) is 0 Å². The highest BCUT2D eigenvalue weighted by atomic mass is 16.7. The first-order chi connectivity index (χ1) is 16.2. The van der Waals surface area contributed by atoms with Crippen LogP contribution in [0.5, 0.6) is 11.5 Å². The lowest BCUT2D eigenvalue weighted by Gasteiger charge is -2.46. The summed E-state index contributed by atoms with van der Waals surface area (Å²) >= 11 is 0. The Morgan fingerprint density at radius 2 is 1.74 bits per heavy atom. The fourth-order valence-electron chi connectivity index (χ4n) is 5.79. The van der Waals surface area contributed by atoms with Crippen LogP contribution in [0.3, 0.4) is 0 Å². The zero-order valence-corrected chi connectivity index (χ0v) is 20.7. The average Bonchev–Trinajstić information content (AvgIpc) is 3.22. The van der Waals surface area contributed by atoms with Crippen molar-refractivity contribution in [2.24, 2.45) is 0 Å². The quantitative estimate of drug-likeness (QED) is 0.613. The molecule has 9 nitrogen and oxygen atoms in total. The van der Waals surface area contributed by atoms with Crippen molar-refractivity contribution < 1.29 is 9.47 Å². The van der Waals surface area contributed by atoms with Gasteiger partial charge in [-0.25, -0.2) is 9.97 Å². The number of anilines is 3. The van der Waals surface area contributed by atoms with Crippen LogP contribution in [-0.2, 0) is 6.54 Å². The van der Waals surface area contributed by atoms with Gasteiger partial charge >= 0.3 is 0 Å². The third-order valence-corrected chi connectivity index (χ3v) is 6.91. The molecule has 0 saturated carbocycles. The molecule has 34 heavy (non-hydrogen) atoms. The second-order valence-corrected chi connectivity index (χ2v) is 11.1. The van der Waals surface area contributed by atoms with E-state index in [0.29, 0.717) is 18.5 Å². The van der Waals surface area contributed by atoms with E-state index >= 15 is 0 Å². The van der Waals surface area contributed by atoms with Crippen LogP contribution in [0.1, 0.15) is 46.1 Å². The van der Waals surface area contributed by atoms with Gasteiger partial charge in [-0.1, -0.05) is 6.07 Å². The minimum absolute atomic E-state index is 0.0539. The van der Waals surface area contributed by atoms with Crippen LogP contribution in [0.2, 0.25) is 0 Å². The molecule has 9 heteroatoms. The predicted octanol–water partition coefficient (Wildman–Crippen LogP) is 2.83. The number of hydrogen-bond donors (Lipinski definition) is 3. The summed E-state index contributed by atoms with van der Waals surface area (Å²) < 4.78 is 10.9. The van der Waals surface area contributed by atoms with Gasteiger partial charge < -0.3 is 30.7 Å². The Labute approximate surface area is 202 Å². The summed E-state index contributed by atoms with van der Waals surface area (Å²) in [5, 5.41) is 7.36. The molecule has 0 atom stereocenters. The van der Waals surface area contributed by atoms with E-state index < -0.39 is 0 Å². The molecule has 0 bridgehead atoms. The molecule has 4 heterocycles. The summed E-state index contributed by atoms with van der Waals surface area (Å²) in [7, 11) is 0. The number of piperidine rings is 1. The molecule has 0 radical (unpaired) electrons. The minimum Gasteiger partial charge on any atom is -0.454 e. The van der Waals surface area contributed by atoms with Crippen LogP contribution in [0.15, 0.2) is 24.5 Å². The lowest BCUT2D eigenvalue weighted by atomic mass is 9.79. The summed E-state index contributed by atoms with van der Waals surface area (Å²) in [6.07, 6.45) is 3.64. The summed E-state index contributed by atoms with van der Waals surface area (Å²) in [4.78, 5) is 13.8. The van der Waals surface area contributed by atoms with E-state index in [9.17, 15) is 0 Å². The standard InChI is InChI=1S/C25H37N7O2/c1-24(2)12-18(13-25(3,4)30-24)29-22-21(26)23(28-15-27-22)32-9-7-31(8-10-32)14-17-5-6-19-20(11-17)34-16-33-19/h5-6,11,15,18,30H,7-10,12-14,16,26H2,1-4H3,(H,27,28,29). The molecule has 3 aliphatic rings. The van der Waals surface area contributed by atoms with Crippen LogP contribution < -0.4 is 30.7 Å². The van der Waals surface area contributed by atoms with Crippen molar-refractivity contribution in [3.05, 3.63) is 30.1 Å². The van der Waals surface area contributed by atoms with E-state index in [1.54, 1.807) is 6.33 Å². The second-order valence-electron chi connectivity index (χ2n) is 11.1. The normalized spacial score (nSPS) is 22.1. The molecule has 4 N–H and O–H groups in total. The zero-order chi connectivity index (χ0) is 23.9. The molecule has 0 unspecified atom stereocenters. The van der Waals surface area contributed by atoms with Gasteiger partial charge in [-0.2, -0.15) is 0 Å². The Balaban J connectivity index is 1.21. The van der Waals surface area contributed by atoms with E-state index in [1.165, 1.54) is 5.56 Å². The summed E-state index contributed by atoms with van der Waals surface area (Å²) in [5.41, 5.74) is 8.57. The maximum absolute atomic E-state index is 6.59. The lowest BCUT2D eigenvalue weighted by Crippen LogP contribution is -2.60. The number of fused-ring (bicyclic) bond motifs is 1. The first-order valence-electron chi connectivity index (χ1n) is 12.2. The van der Waals surface area contributed by atoms with Gasteiger partial charge in [0, 0.05) is 49.8 Å². The van der Waals surface area contributed by atoms with Gasteiger partial charge in [-0.15, -0.1) is 0 Å². The number of benzene rings is 1. The Morgan fingerprint density at radius 3 is 2.47 bits per heavy atom. The Morgan fingerprint density at radius 1 is 1.03 bits per heavy atom. The summed E-state index contributed by atoms with van der Waals surface area (Å²) in [6.45, 7) is 13.8. The maximum Gasteiger partial charge on any atom is 0.231 e. The van der Waals surface area contributed by atoms with E-state index in [-0.39, 0.29) is 11.1 Å². The molecule has 0 aliphatic carbocycles. The molecule has 184 valence electrons. The highest BCUT2D eigenvalue weighted by molar-refractivity contribution is 5.75. The van der Waals surface area contributed by atoms with Crippen molar-refractivity contribution in [1.29, 1.82) is 0 Å². The van der Waals surface area contributed by atoms with Crippen molar-refractivity contribution in [2.45, 2.75) is 64.2 Å². The number of nitrogen functional groups attached to an aromatic ring is 1. The van der Waals surface area contributed by atoms with Crippen LogP contribution in [0.4, 0.5) is 17.3 Å². The number of nitrogens with one attached hydrogen (secondary N) is 2. The molecular formula is C25H37N7O2. The SMILES string of the molecule is CC1(C)CC(Nc2ncnc(N3CCN(Cc4ccc5c(c4)OCO5)CC3)c2N)CC(C)(C)N1. The molecular weight excluding hydrogens is 430 g/mol. The molecule has 2 fully saturated rings. The van der Waals surface area contributed by atoms with E-state index in [1.807, 2.05) is 6.07 Å². The summed E-state index contributed by atoms with van der Waals surface area (Å²) in [6, 6.07) is 6.49. The van der Waals surface area contributed by atoms with Crippen molar-refractivity contribution in [3.8, 4) is 11.5 Å². The highest BCUT2D eigenvalue weighted by Gasteiger charge is 2.38. The van der Waals surface area contributed by atoms with Gasteiger partial charge in [0.05, 0.1) is 0 Å². The Bertz CT molecular complexity index is 1020. The second kappa shape index (κ2) is 8.78. The van der Waals surface area contributed by atoms with Crippen molar-refractivity contribution >= 4 is 17.3 Å². The zero-order valence-electron chi connectivity index (χ0n) is 20.7. The first kappa shape index (κ1) is 23.0. The molecule has 0 spiro atoms. The average molecular weight is 468 g/mol.